The third-order valence-corrected chi connectivity index (χ3v) is 4.48. The minimum atomic E-state index is -0.261. The Bertz CT molecular complexity index is 622. The molecule has 0 saturated carbocycles. The molecule has 0 radical (unpaired) electrons. The topological polar surface area (TPSA) is 65.1 Å². The van der Waals surface area contributed by atoms with Crippen LogP contribution in [0.2, 0.25) is 0 Å². The largest absolute Gasteiger partial charge is 0.492 e. The highest BCUT2D eigenvalue weighted by atomic mass is 16.5. The highest BCUT2D eigenvalue weighted by Crippen LogP contribution is 2.09. The van der Waals surface area contributed by atoms with E-state index in [0.29, 0.717) is 19.7 Å². The third kappa shape index (κ3) is 8.27. The van der Waals surface area contributed by atoms with Crippen molar-refractivity contribution >= 4 is 11.8 Å². The van der Waals surface area contributed by atoms with Crippen LogP contribution in [0.4, 0.5) is 0 Å². The molecule has 0 bridgehead atoms. The lowest BCUT2D eigenvalue weighted by Crippen LogP contribution is -2.52. The summed E-state index contributed by atoms with van der Waals surface area (Å²) in [6, 6.07) is 9.80. The second-order valence-corrected chi connectivity index (χ2v) is 8.35. The fraction of sp³-hybridized carbons (Fsp3) is 0.619. The van der Waals surface area contributed by atoms with Crippen LogP contribution in [0, 0.1) is 0 Å². The molecule has 7 nitrogen and oxygen atoms in total. The van der Waals surface area contributed by atoms with Crippen molar-refractivity contribution in [1.29, 1.82) is 0 Å². The van der Waals surface area contributed by atoms with Gasteiger partial charge < -0.3 is 15.0 Å². The first kappa shape index (κ1) is 22.2. The fourth-order valence-corrected chi connectivity index (χ4v) is 3.12. The van der Waals surface area contributed by atoms with Crippen molar-refractivity contribution in [3.8, 4) is 5.75 Å². The second kappa shape index (κ2) is 10.4. The van der Waals surface area contributed by atoms with Crippen molar-refractivity contribution in [1.82, 2.24) is 20.0 Å². The number of amides is 2. The van der Waals surface area contributed by atoms with Crippen LogP contribution in [0.3, 0.4) is 0 Å². The number of rotatable bonds is 8. The number of piperazine rings is 1. The predicted octanol–water partition coefficient (Wildman–Crippen LogP) is 1.06. The lowest BCUT2D eigenvalue weighted by atomic mass is 10.1. The predicted molar refractivity (Wildman–Crippen MR) is 110 cm³/mol. The van der Waals surface area contributed by atoms with E-state index in [1.807, 2.05) is 56.0 Å². The molecule has 1 heterocycles. The Hall–Kier alpha value is -2.12. The smallest absolute Gasteiger partial charge is 0.236 e. The Morgan fingerprint density at radius 2 is 1.71 bits per heavy atom. The van der Waals surface area contributed by atoms with Crippen LogP contribution in [-0.4, -0.2) is 91.5 Å². The first-order valence-electron chi connectivity index (χ1n) is 9.90. The number of nitrogens with one attached hydrogen (secondary N) is 1. The van der Waals surface area contributed by atoms with E-state index in [-0.39, 0.29) is 30.4 Å². The van der Waals surface area contributed by atoms with Crippen molar-refractivity contribution in [3.05, 3.63) is 30.3 Å². The van der Waals surface area contributed by atoms with Gasteiger partial charge in [-0.3, -0.25) is 19.4 Å². The Morgan fingerprint density at radius 1 is 1.07 bits per heavy atom. The highest BCUT2D eigenvalue weighted by molar-refractivity contribution is 5.81. The van der Waals surface area contributed by atoms with Gasteiger partial charge in [-0.05, 0) is 40.0 Å². The van der Waals surface area contributed by atoms with Gasteiger partial charge in [0.15, 0.2) is 0 Å². The Kier molecular flexibility index (Phi) is 8.26. The monoisotopic (exact) mass is 390 g/mol. The summed E-state index contributed by atoms with van der Waals surface area (Å²) in [6.45, 7) is 10.9. The Morgan fingerprint density at radius 3 is 2.32 bits per heavy atom. The summed E-state index contributed by atoms with van der Waals surface area (Å²) in [6.07, 6.45) is 0. The van der Waals surface area contributed by atoms with Gasteiger partial charge in [0.05, 0.1) is 13.1 Å². The summed E-state index contributed by atoms with van der Waals surface area (Å²) >= 11 is 0. The summed E-state index contributed by atoms with van der Waals surface area (Å²) in [4.78, 5) is 30.4. The lowest BCUT2D eigenvalue weighted by molar-refractivity contribution is -0.134. The first-order chi connectivity index (χ1) is 13.2. The molecule has 2 amide bonds. The van der Waals surface area contributed by atoms with Gasteiger partial charge in [0.2, 0.25) is 11.8 Å². The average molecular weight is 391 g/mol. The molecule has 7 heteroatoms. The van der Waals surface area contributed by atoms with Crippen LogP contribution in [0.1, 0.15) is 20.8 Å². The van der Waals surface area contributed by atoms with E-state index in [1.165, 1.54) is 0 Å². The van der Waals surface area contributed by atoms with E-state index in [0.717, 1.165) is 25.4 Å². The van der Waals surface area contributed by atoms with Gasteiger partial charge in [-0.25, -0.2) is 0 Å². The maximum absolute atomic E-state index is 12.5. The average Bonchev–Trinajstić information content (AvgIpc) is 2.61. The van der Waals surface area contributed by atoms with Gasteiger partial charge in [-0.2, -0.15) is 0 Å². The van der Waals surface area contributed by atoms with Gasteiger partial charge in [0.25, 0.3) is 0 Å². The number of hydrogen-bond donors (Lipinski definition) is 1. The van der Waals surface area contributed by atoms with Crippen LogP contribution in [0.25, 0.3) is 0 Å². The van der Waals surface area contributed by atoms with Gasteiger partial charge in [-0.1, -0.05) is 18.2 Å². The number of benzene rings is 1. The zero-order chi connectivity index (χ0) is 20.6. The van der Waals surface area contributed by atoms with Crippen molar-refractivity contribution in [2.75, 3.05) is 59.5 Å². The van der Waals surface area contributed by atoms with Gasteiger partial charge >= 0.3 is 0 Å². The van der Waals surface area contributed by atoms with Crippen LogP contribution in [0.5, 0.6) is 5.75 Å². The van der Waals surface area contributed by atoms with E-state index >= 15 is 0 Å². The Labute approximate surface area is 168 Å². The molecule has 1 fully saturated rings. The molecule has 0 unspecified atom stereocenters. The van der Waals surface area contributed by atoms with Crippen molar-refractivity contribution in [2.24, 2.45) is 0 Å². The summed E-state index contributed by atoms with van der Waals surface area (Å²) in [7, 11) is 1.80. The first-order valence-corrected chi connectivity index (χ1v) is 9.90. The maximum Gasteiger partial charge on any atom is 0.236 e. The lowest BCUT2D eigenvalue weighted by Gasteiger charge is -2.35. The summed E-state index contributed by atoms with van der Waals surface area (Å²) in [5.41, 5.74) is -0.261. The third-order valence-electron chi connectivity index (χ3n) is 4.48. The molecule has 0 atom stereocenters. The molecule has 28 heavy (non-hydrogen) atoms. The molecule has 1 aromatic rings. The zero-order valence-electron chi connectivity index (χ0n) is 17.6. The Balaban J connectivity index is 1.63. The molecule has 156 valence electrons. The molecular weight excluding hydrogens is 356 g/mol. The molecule has 1 aliphatic rings. The molecule has 0 aliphatic carbocycles. The van der Waals surface area contributed by atoms with Crippen molar-refractivity contribution in [3.63, 3.8) is 0 Å². The van der Waals surface area contributed by atoms with E-state index in [9.17, 15) is 9.59 Å². The molecule has 1 saturated heterocycles. The quantitative estimate of drug-likeness (QED) is 0.719. The van der Waals surface area contributed by atoms with Crippen LogP contribution in [0.15, 0.2) is 30.3 Å². The number of ether oxygens (including phenoxy) is 1. The molecule has 0 spiro atoms. The van der Waals surface area contributed by atoms with Gasteiger partial charge in [0, 0.05) is 38.3 Å². The van der Waals surface area contributed by atoms with Crippen LogP contribution in [-0.2, 0) is 9.59 Å². The van der Waals surface area contributed by atoms with E-state index in [2.05, 4.69) is 10.2 Å². The van der Waals surface area contributed by atoms with Crippen LogP contribution < -0.4 is 10.1 Å². The number of hydrogen-bond acceptors (Lipinski definition) is 5. The van der Waals surface area contributed by atoms with E-state index in [4.69, 9.17) is 4.74 Å². The molecule has 2 rings (SSSR count). The molecule has 0 aromatic heterocycles. The van der Waals surface area contributed by atoms with Crippen LogP contribution >= 0.6 is 0 Å². The maximum atomic E-state index is 12.5. The standard InChI is InChI=1S/C21H34N4O3/c1-21(2,3)22-19(26)16-23(4)17-20(27)25-12-10-24(11-13-25)14-15-28-18-8-6-5-7-9-18/h5-9H,10-17H2,1-4H3,(H,22,26). The number of nitrogens with zero attached hydrogens (tertiary/aromatic N) is 3. The second-order valence-electron chi connectivity index (χ2n) is 8.35. The highest BCUT2D eigenvalue weighted by Gasteiger charge is 2.23. The molecule has 1 aliphatic heterocycles. The number of carbonyl (C=O) groups is 2. The number of carbonyl (C=O) groups excluding carboxylic acids is 2. The minimum absolute atomic E-state index is 0.0639. The molecule has 1 N–H and O–H groups in total. The number of likely N-dealkylation sites (N-methyl/N-ethyl adjacent to an activating group) is 1. The summed E-state index contributed by atoms with van der Waals surface area (Å²) in [5, 5.41) is 2.92. The zero-order valence-corrected chi connectivity index (χ0v) is 17.6. The minimum Gasteiger partial charge on any atom is -0.492 e. The molecular formula is C21H34N4O3. The van der Waals surface area contributed by atoms with Crippen molar-refractivity contribution in [2.45, 2.75) is 26.3 Å². The fourth-order valence-electron chi connectivity index (χ4n) is 3.12. The summed E-state index contributed by atoms with van der Waals surface area (Å²) < 4.78 is 5.74. The van der Waals surface area contributed by atoms with Crippen molar-refractivity contribution < 1.29 is 14.3 Å². The summed E-state index contributed by atoms with van der Waals surface area (Å²) in [5.74, 6) is 0.895. The van der Waals surface area contributed by atoms with E-state index < -0.39 is 0 Å². The molecule has 1 aromatic carbocycles. The SMILES string of the molecule is CN(CC(=O)NC(C)(C)C)CC(=O)N1CCN(CCOc2ccccc2)CC1. The number of para-hydroxylation sites is 1. The van der Waals surface area contributed by atoms with Gasteiger partial charge in [-0.15, -0.1) is 0 Å². The normalized spacial score (nSPS) is 15.5. The van der Waals surface area contributed by atoms with E-state index in [1.54, 1.807) is 11.9 Å². The van der Waals surface area contributed by atoms with Gasteiger partial charge in [0.1, 0.15) is 12.4 Å².